The molecule has 114 valence electrons. The summed E-state index contributed by atoms with van der Waals surface area (Å²) in [6.07, 6.45) is -4.32. The van der Waals surface area contributed by atoms with Gasteiger partial charge in [0.25, 0.3) is 0 Å². The molecule has 0 spiro atoms. The van der Waals surface area contributed by atoms with Gasteiger partial charge in [-0.3, -0.25) is 9.69 Å². The first-order chi connectivity index (χ1) is 9.88. The zero-order chi connectivity index (χ0) is 15.5. The molecule has 0 saturated carbocycles. The minimum Gasteiger partial charge on any atom is -0.329 e. The lowest BCUT2D eigenvalue weighted by atomic mass is 10.1. The summed E-state index contributed by atoms with van der Waals surface area (Å²) in [7, 11) is 0. The zero-order valence-electron chi connectivity index (χ0n) is 10.9. The largest absolute Gasteiger partial charge is 0.416 e. The molecule has 1 N–H and O–H groups in total. The van der Waals surface area contributed by atoms with Crippen LogP contribution in [0.1, 0.15) is 11.1 Å². The second kappa shape index (κ2) is 6.38. The summed E-state index contributed by atoms with van der Waals surface area (Å²) >= 11 is 1.46. The standard InChI is InChI=1S/C13H13F3N2O2S/c14-13(15,16)10-3-1-9(2-4-10)8-21-6-5-18-11(19)7-17-12(18)20/h1-4H,5-8H2,(H,17,20). The second-order valence-corrected chi connectivity index (χ2v) is 5.56. The van der Waals surface area contributed by atoms with Crippen LogP contribution in [0.3, 0.4) is 0 Å². The fraction of sp³-hybridized carbons (Fsp3) is 0.385. The highest BCUT2D eigenvalue weighted by Gasteiger charge is 2.30. The number of nitrogens with zero attached hydrogens (tertiary/aromatic N) is 1. The van der Waals surface area contributed by atoms with Gasteiger partial charge < -0.3 is 5.32 Å². The molecule has 1 aromatic rings. The molecule has 0 aliphatic carbocycles. The van der Waals surface area contributed by atoms with Gasteiger partial charge in [-0.15, -0.1) is 0 Å². The van der Waals surface area contributed by atoms with Crippen LogP contribution in [-0.2, 0) is 16.7 Å². The Morgan fingerprint density at radius 1 is 1.19 bits per heavy atom. The van der Waals surface area contributed by atoms with Crippen LogP contribution in [-0.4, -0.2) is 35.7 Å². The summed E-state index contributed by atoms with van der Waals surface area (Å²) < 4.78 is 37.2. The number of halogens is 3. The Morgan fingerprint density at radius 3 is 2.38 bits per heavy atom. The van der Waals surface area contributed by atoms with Crippen LogP contribution >= 0.6 is 11.8 Å². The lowest BCUT2D eigenvalue weighted by Crippen LogP contribution is -2.32. The molecule has 8 heteroatoms. The molecule has 1 aromatic carbocycles. The van der Waals surface area contributed by atoms with Crippen molar-refractivity contribution in [3.63, 3.8) is 0 Å². The van der Waals surface area contributed by atoms with Gasteiger partial charge in [0.15, 0.2) is 0 Å². The van der Waals surface area contributed by atoms with Crippen molar-refractivity contribution in [2.75, 3.05) is 18.8 Å². The van der Waals surface area contributed by atoms with Crippen LogP contribution in [0.4, 0.5) is 18.0 Å². The van der Waals surface area contributed by atoms with Crippen LogP contribution in [0, 0.1) is 0 Å². The molecule has 2 rings (SSSR count). The highest BCUT2D eigenvalue weighted by atomic mass is 32.2. The molecule has 1 aliphatic rings. The van der Waals surface area contributed by atoms with E-state index >= 15 is 0 Å². The summed E-state index contributed by atoms with van der Waals surface area (Å²) in [6, 6.07) is 4.57. The highest BCUT2D eigenvalue weighted by Crippen LogP contribution is 2.29. The topological polar surface area (TPSA) is 49.4 Å². The fourth-order valence-electron chi connectivity index (χ4n) is 1.82. The van der Waals surface area contributed by atoms with Crippen molar-refractivity contribution in [3.05, 3.63) is 35.4 Å². The maximum absolute atomic E-state index is 12.4. The smallest absolute Gasteiger partial charge is 0.329 e. The number of thioether (sulfide) groups is 1. The molecule has 21 heavy (non-hydrogen) atoms. The van der Waals surface area contributed by atoms with Crippen LogP contribution < -0.4 is 5.32 Å². The van der Waals surface area contributed by atoms with Gasteiger partial charge in [0.2, 0.25) is 5.91 Å². The Bertz CT molecular complexity index is 515. The molecule has 1 heterocycles. The number of imide groups is 1. The van der Waals surface area contributed by atoms with Gasteiger partial charge in [0.1, 0.15) is 0 Å². The van der Waals surface area contributed by atoms with Crippen molar-refractivity contribution < 1.29 is 22.8 Å². The maximum Gasteiger partial charge on any atom is 0.416 e. The Hall–Kier alpha value is -1.70. The van der Waals surface area contributed by atoms with Crippen molar-refractivity contribution in [1.29, 1.82) is 0 Å². The fourth-order valence-corrected chi connectivity index (χ4v) is 2.70. The summed E-state index contributed by atoms with van der Waals surface area (Å²) in [5.74, 6) is 0.817. The first-order valence-electron chi connectivity index (χ1n) is 6.20. The van der Waals surface area contributed by atoms with E-state index in [0.29, 0.717) is 18.1 Å². The summed E-state index contributed by atoms with van der Waals surface area (Å²) in [6.45, 7) is 0.332. The van der Waals surface area contributed by atoms with E-state index in [1.165, 1.54) is 23.9 Å². The van der Waals surface area contributed by atoms with Crippen LogP contribution in [0.15, 0.2) is 24.3 Å². The number of carbonyl (C=O) groups is 2. The van der Waals surface area contributed by atoms with E-state index in [9.17, 15) is 22.8 Å². The van der Waals surface area contributed by atoms with Crippen molar-refractivity contribution in [1.82, 2.24) is 10.2 Å². The number of alkyl halides is 3. The first kappa shape index (κ1) is 15.7. The van der Waals surface area contributed by atoms with Gasteiger partial charge in [-0.25, -0.2) is 4.79 Å². The molecule has 0 bridgehead atoms. The molecule has 0 atom stereocenters. The van der Waals surface area contributed by atoms with Gasteiger partial charge in [0.05, 0.1) is 12.1 Å². The van der Waals surface area contributed by atoms with E-state index in [1.54, 1.807) is 0 Å². The molecule has 1 saturated heterocycles. The number of nitrogens with one attached hydrogen (secondary N) is 1. The van der Waals surface area contributed by atoms with Crippen LogP contribution in [0.25, 0.3) is 0 Å². The monoisotopic (exact) mass is 318 g/mol. The quantitative estimate of drug-likeness (QED) is 0.670. The molecule has 0 aromatic heterocycles. The molecule has 1 fully saturated rings. The number of benzene rings is 1. The van der Waals surface area contributed by atoms with Gasteiger partial charge in [-0.05, 0) is 17.7 Å². The molecule has 0 radical (unpaired) electrons. The van der Waals surface area contributed by atoms with E-state index < -0.39 is 17.8 Å². The highest BCUT2D eigenvalue weighted by molar-refractivity contribution is 7.98. The molecular formula is C13H13F3N2O2S. The lowest BCUT2D eigenvalue weighted by Gasteiger charge is -2.11. The van der Waals surface area contributed by atoms with Crippen LogP contribution in [0.5, 0.6) is 0 Å². The third kappa shape index (κ3) is 4.13. The van der Waals surface area contributed by atoms with Crippen molar-refractivity contribution in [2.24, 2.45) is 0 Å². The first-order valence-corrected chi connectivity index (χ1v) is 7.35. The average Bonchev–Trinajstić information content (AvgIpc) is 2.74. The van der Waals surface area contributed by atoms with E-state index in [1.807, 2.05) is 0 Å². The molecule has 0 unspecified atom stereocenters. The summed E-state index contributed by atoms with van der Waals surface area (Å²) in [5.41, 5.74) is 0.0979. The van der Waals surface area contributed by atoms with Crippen molar-refractivity contribution >= 4 is 23.7 Å². The third-order valence-corrected chi connectivity index (χ3v) is 3.95. The van der Waals surface area contributed by atoms with E-state index in [0.717, 1.165) is 22.6 Å². The maximum atomic E-state index is 12.4. The Morgan fingerprint density at radius 2 is 1.86 bits per heavy atom. The second-order valence-electron chi connectivity index (χ2n) is 4.45. The van der Waals surface area contributed by atoms with E-state index in [4.69, 9.17) is 0 Å². The number of urea groups is 1. The van der Waals surface area contributed by atoms with Gasteiger partial charge >= 0.3 is 12.2 Å². The number of hydrogen-bond acceptors (Lipinski definition) is 3. The van der Waals surface area contributed by atoms with Crippen molar-refractivity contribution in [2.45, 2.75) is 11.9 Å². The molecule has 1 aliphatic heterocycles. The normalized spacial score (nSPS) is 15.5. The molecule has 4 nitrogen and oxygen atoms in total. The summed E-state index contributed by atoms with van der Waals surface area (Å²) in [4.78, 5) is 23.7. The number of rotatable bonds is 5. The molecular weight excluding hydrogens is 305 g/mol. The summed E-state index contributed by atoms with van der Waals surface area (Å²) in [5, 5.41) is 2.42. The molecule has 3 amide bonds. The zero-order valence-corrected chi connectivity index (χ0v) is 11.8. The van der Waals surface area contributed by atoms with E-state index in [-0.39, 0.29) is 12.5 Å². The average molecular weight is 318 g/mol. The SMILES string of the molecule is O=C1CNC(=O)N1CCSCc1ccc(C(F)(F)F)cc1. The number of amides is 3. The van der Waals surface area contributed by atoms with E-state index in [2.05, 4.69) is 5.32 Å². The predicted octanol–water partition coefficient (Wildman–Crippen LogP) is 2.49. The third-order valence-electron chi connectivity index (χ3n) is 2.95. The number of hydrogen-bond donors (Lipinski definition) is 1. The Balaban J connectivity index is 1.76. The minimum absolute atomic E-state index is 0.0302. The predicted molar refractivity (Wildman–Crippen MR) is 72.7 cm³/mol. The van der Waals surface area contributed by atoms with Crippen LogP contribution in [0.2, 0.25) is 0 Å². The van der Waals surface area contributed by atoms with Gasteiger partial charge in [-0.1, -0.05) is 12.1 Å². The lowest BCUT2D eigenvalue weighted by molar-refractivity contribution is -0.137. The minimum atomic E-state index is -4.32. The van der Waals surface area contributed by atoms with Crippen molar-refractivity contribution in [3.8, 4) is 0 Å². The number of carbonyl (C=O) groups excluding carboxylic acids is 2. The Labute approximate surface area is 123 Å². The Kier molecular flexibility index (Phi) is 4.76. The van der Waals surface area contributed by atoms with Gasteiger partial charge in [-0.2, -0.15) is 24.9 Å². The van der Waals surface area contributed by atoms with Gasteiger partial charge in [0, 0.05) is 18.1 Å².